The molecule has 1 aromatic rings. The van der Waals surface area contributed by atoms with Crippen molar-refractivity contribution in [2.75, 3.05) is 7.05 Å². The molecule has 154 valence electrons. The van der Waals surface area contributed by atoms with E-state index < -0.39 is 11.3 Å². The predicted octanol–water partition coefficient (Wildman–Crippen LogP) is 3.51. The zero-order chi connectivity index (χ0) is 20.3. The Kier molecular flexibility index (Phi) is 6.57. The zero-order valence-corrected chi connectivity index (χ0v) is 17.4. The van der Waals surface area contributed by atoms with Gasteiger partial charge < -0.3 is 14.8 Å². The van der Waals surface area contributed by atoms with Crippen LogP contribution in [0.3, 0.4) is 0 Å². The topological polar surface area (TPSA) is 71.4 Å². The maximum atomic E-state index is 13.2. The molecule has 0 aromatic carbocycles. The van der Waals surface area contributed by atoms with Crippen molar-refractivity contribution in [3.05, 3.63) is 33.7 Å². The van der Waals surface area contributed by atoms with Crippen molar-refractivity contribution < 1.29 is 9.59 Å². The first-order valence-corrected chi connectivity index (χ1v) is 10.7. The lowest BCUT2D eigenvalue weighted by molar-refractivity contribution is 0.0694. The van der Waals surface area contributed by atoms with Crippen LogP contribution in [0.25, 0.3) is 0 Å². The average molecular weight is 388 g/mol. The van der Waals surface area contributed by atoms with Crippen molar-refractivity contribution in [1.29, 1.82) is 0 Å². The van der Waals surface area contributed by atoms with Crippen LogP contribution >= 0.6 is 0 Å². The van der Waals surface area contributed by atoms with Crippen LogP contribution in [0.15, 0.2) is 17.2 Å². The van der Waals surface area contributed by atoms with Crippen molar-refractivity contribution >= 4 is 11.8 Å². The number of carbonyl (C=O) groups excluding carboxylic acids is 2. The second-order valence-corrected chi connectivity index (χ2v) is 8.64. The Morgan fingerprint density at radius 2 is 1.57 bits per heavy atom. The Hall–Kier alpha value is -2.11. The summed E-state index contributed by atoms with van der Waals surface area (Å²) in [6, 6.07) is 0.350. The van der Waals surface area contributed by atoms with Crippen LogP contribution in [0.4, 0.5) is 0 Å². The van der Waals surface area contributed by atoms with Gasteiger partial charge >= 0.3 is 0 Å². The molecule has 0 unspecified atom stereocenters. The summed E-state index contributed by atoms with van der Waals surface area (Å²) in [7, 11) is 1.79. The number of amides is 2. The van der Waals surface area contributed by atoms with Gasteiger partial charge in [0.1, 0.15) is 11.1 Å². The van der Waals surface area contributed by atoms with E-state index in [0.717, 1.165) is 51.4 Å². The van der Waals surface area contributed by atoms with Gasteiger partial charge in [-0.1, -0.05) is 32.1 Å². The molecule has 0 radical (unpaired) electrons. The Balaban J connectivity index is 1.98. The van der Waals surface area contributed by atoms with Crippen LogP contribution in [0.2, 0.25) is 0 Å². The van der Waals surface area contributed by atoms with Crippen molar-refractivity contribution in [2.45, 2.75) is 89.8 Å². The first-order chi connectivity index (χ1) is 13.4. The zero-order valence-electron chi connectivity index (χ0n) is 17.4. The van der Waals surface area contributed by atoms with E-state index in [0.29, 0.717) is 0 Å². The maximum Gasteiger partial charge on any atom is 0.259 e. The van der Waals surface area contributed by atoms with Gasteiger partial charge in [0, 0.05) is 37.6 Å². The van der Waals surface area contributed by atoms with Gasteiger partial charge in [-0.3, -0.25) is 14.4 Å². The number of pyridine rings is 1. The third-order valence-electron chi connectivity index (χ3n) is 6.13. The molecular weight excluding hydrogens is 354 g/mol. The smallest absolute Gasteiger partial charge is 0.259 e. The fourth-order valence-corrected chi connectivity index (χ4v) is 4.49. The Labute approximate surface area is 167 Å². The third-order valence-corrected chi connectivity index (χ3v) is 6.13. The summed E-state index contributed by atoms with van der Waals surface area (Å²) in [5.41, 5.74) is -0.264. The van der Waals surface area contributed by atoms with Crippen LogP contribution in [0.1, 0.15) is 98.4 Å². The fourth-order valence-electron chi connectivity index (χ4n) is 4.49. The normalized spacial score (nSPS) is 18.4. The first kappa shape index (κ1) is 20.6. The van der Waals surface area contributed by atoms with Crippen LogP contribution < -0.4 is 10.7 Å². The van der Waals surface area contributed by atoms with Crippen molar-refractivity contribution in [3.63, 3.8) is 0 Å². The highest BCUT2D eigenvalue weighted by atomic mass is 16.2. The van der Waals surface area contributed by atoms with Gasteiger partial charge in [0.15, 0.2) is 0 Å². The molecule has 6 nitrogen and oxygen atoms in total. The van der Waals surface area contributed by atoms with Gasteiger partial charge in [-0.2, -0.15) is 0 Å². The quantitative estimate of drug-likeness (QED) is 0.840. The molecule has 2 amide bonds. The van der Waals surface area contributed by atoms with Gasteiger partial charge in [-0.15, -0.1) is 0 Å². The van der Waals surface area contributed by atoms with E-state index in [1.165, 1.54) is 6.42 Å². The summed E-state index contributed by atoms with van der Waals surface area (Å²) in [5.74, 6) is -0.662. The molecule has 2 aliphatic rings. The van der Waals surface area contributed by atoms with E-state index in [2.05, 4.69) is 5.32 Å². The van der Waals surface area contributed by atoms with Gasteiger partial charge in [0.05, 0.1) is 0 Å². The van der Waals surface area contributed by atoms with Crippen LogP contribution in [0, 0.1) is 0 Å². The summed E-state index contributed by atoms with van der Waals surface area (Å²) >= 11 is 0. The monoisotopic (exact) mass is 387 g/mol. The number of carbonyl (C=O) groups is 2. The molecule has 0 bridgehead atoms. The second-order valence-electron chi connectivity index (χ2n) is 8.64. The van der Waals surface area contributed by atoms with Crippen molar-refractivity contribution in [3.8, 4) is 0 Å². The molecule has 0 saturated heterocycles. The second kappa shape index (κ2) is 8.93. The highest BCUT2D eigenvalue weighted by Crippen LogP contribution is 2.29. The number of hydrogen-bond donors (Lipinski definition) is 1. The van der Waals surface area contributed by atoms with Gasteiger partial charge in [0.2, 0.25) is 5.43 Å². The Morgan fingerprint density at radius 1 is 1.00 bits per heavy atom. The van der Waals surface area contributed by atoms with Gasteiger partial charge in [0.25, 0.3) is 11.8 Å². The molecule has 2 saturated carbocycles. The number of nitrogens with zero attached hydrogens (tertiary/aromatic N) is 2. The highest BCUT2D eigenvalue weighted by molar-refractivity contribution is 5.99. The Morgan fingerprint density at radius 3 is 2.18 bits per heavy atom. The minimum absolute atomic E-state index is 0.0727. The first-order valence-electron chi connectivity index (χ1n) is 10.7. The van der Waals surface area contributed by atoms with Crippen molar-refractivity contribution in [1.82, 2.24) is 14.8 Å². The van der Waals surface area contributed by atoms with E-state index in [1.54, 1.807) is 24.3 Å². The van der Waals surface area contributed by atoms with Crippen LogP contribution in [-0.2, 0) is 0 Å². The minimum atomic E-state index is -0.458. The number of rotatable bonds is 5. The minimum Gasteiger partial charge on any atom is -0.350 e. The van der Waals surface area contributed by atoms with E-state index in [1.807, 2.05) is 18.4 Å². The number of hydrogen-bond acceptors (Lipinski definition) is 3. The largest absolute Gasteiger partial charge is 0.350 e. The molecule has 2 aliphatic carbocycles. The standard InChI is InChI=1S/C22H33N3O3/c1-15(2)23-21(27)18-13-25(17-11-7-8-12-17)14-19(20(18)26)22(28)24(3)16-9-5-4-6-10-16/h13-17H,4-12H2,1-3H3,(H,23,27). The SMILES string of the molecule is CC(C)NC(=O)c1cn(C2CCCC2)cc(C(=O)N(C)C2CCCCC2)c1=O. The van der Waals surface area contributed by atoms with E-state index in [9.17, 15) is 14.4 Å². The molecule has 6 heteroatoms. The fraction of sp³-hybridized carbons (Fsp3) is 0.682. The molecule has 1 aromatic heterocycles. The van der Waals surface area contributed by atoms with Gasteiger partial charge in [-0.25, -0.2) is 0 Å². The molecule has 0 atom stereocenters. The van der Waals surface area contributed by atoms with Gasteiger partial charge in [-0.05, 0) is 39.5 Å². The predicted molar refractivity (Wildman–Crippen MR) is 110 cm³/mol. The molecular formula is C22H33N3O3. The number of aromatic nitrogens is 1. The average Bonchev–Trinajstić information content (AvgIpc) is 3.22. The summed E-state index contributed by atoms with van der Waals surface area (Å²) in [4.78, 5) is 40.6. The maximum absolute atomic E-state index is 13.2. The molecule has 1 N–H and O–H groups in total. The van der Waals surface area contributed by atoms with Crippen LogP contribution in [0.5, 0.6) is 0 Å². The lowest BCUT2D eigenvalue weighted by Gasteiger charge is -2.31. The lowest BCUT2D eigenvalue weighted by Crippen LogP contribution is -2.42. The Bertz CT molecular complexity index is 772. The summed E-state index contributed by atoms with van der Waals surface area (Å²) in [5, 5.41) is 2.80. The number of nitrogens with one attached hydrogen (secondary N) is 1. The third kappa shape index (κ3) is 4.47. The summed E-state index contributed by atoms with van der Waals surface area (Å²) < 4.78 is 1.94. The van der Waals surface area contributed by atoms with Crippen molar-refractivity contribution in [2.24, 2.45) is 0 Å². The van der Waals surface area contributed by atoms with E-state index >= 15 is 0 Å². The highest BCUT2D eigenvalue weighted by Gasteiger charge is 2.28. The molecule has 28 heavy (non-hydrogen) atoms. The lowest BCUT2D eigenvalue weighted by atomic mass is 9.94. The molecule has 0 aliphatic heterocycles. The summed E-state index contributed by atoms with van der Waals surface area (Å²) in [6.45, 7) is 3.72. The molecule has 2 fully saturated rings. The van der Waals surface area contributed by atoms with E-state index in [4.69, 9.17) is 0 Å². The molecule has 0 spiro atoms. The molecule has 1 heterocycles. The summed E-state index contributed by atoms with van der Waals surface area (Å²) in [6.07, 6.45) is 13.0. The van der Waals surface area contributed by atoms with Crippen LogP contribution in [-0.4, -0.2) is 40.4 Å². The van der Waals surface area contributed by atoms with E-state index in [-0.39, 0.29) is 35.2 Å². The molecule has 3 rings (SSSR count).